The van der Waals surface area contributed by atoms with E-state index in [-0.39, 0.29) is 0 Å². The predicted octanol–water partition coefficient (Wildman–Crippen LogP) is 2.97. The van der Waals surface area contributed by atoms with Crippen molar-refractivity contribution in [2.24, 2.45) is 0 Å². The largest absolute Gasteiger partial charge is 0.399 e. The van der Waals surface area contributed by atoms with Gasteiger partial charge in [0.25, 0.3) is 0 Å². The number of benzene rings is 1. The Hall–Kier alpha value is -1.62. The van der Waals surface area contributed by atoms with Gasteiger partial charge in [-0.15, -0.1) is 0 Å². The summed E-state index contributed by atoms with van der Waals surface area (Å²) in [6.07, 6.45) is -0.528. The number of hydrogen-bond acceptors (Lipinski definition) is 3. The molecule has 0 saturated heterocycles. The van der Waals surface area contributed by atoms with Crippen LogP contribution in [0.25, 0.3) is 0 Å². The Morgan fingerprint density at radius 2 is 1.69 bits per heavy atom. The summed E-state index contributed by atoms with van der Waals surface area (Å²) in [7, 11) is -1.73. The molecule has 0 amide bonds. The van der Waals surface area contributed by atoms with E-state index in [2.05, 4.69) is 6.07 Å². The zero-order valence-corrected chi connectivity index (χ0v) is 10.7. The molecular weight excluding hydrogens is 216 g/mol. The van der Waals surface area contributed by atoms with E-state index in [1.165, 1.54) is 0 Å². The number of rotatable bonds is 3. The summed E-state index contributed by atoms with van der Waals surface area (Å²) in [6, 6.07) is 11.1. The Bertz CT molecular complexity index is 434. The molecule has 1 atom stereocenters. The second-order valence-electron chi connectivity index (χ2n) is 4.47. The molecule has 1 unspecified atom stereocenters. The van der Waals surface area contributed by atoms with Crippen LogP contribution in [0.2, 0.25) is 19.6 Å². The zero-order chi connectivity index (χ0) is 12.2. The van der Waals surface area contributed by atoms with Gasteiger partial charge in [-0.3, -0.25) is 0 Å². The van der Waals surface area contributed by atoms with Crippen molar-refractivity contribution in [2.45, 2.75) is 25.7 Å². The molecule has 0 fully saturated rings. The van der Waals surface area contributed by atoms with Gasteiger partial charge in [-0.25, -0.2) is 0 Å². The minimum atomic E-state index is -1.73. The molecular formula is C12H14N2OSi. The summed E-state index contributed by atoms with van der Waals surface area (Å²) in [4.78, 5) is 0. The zero-order valence-electron chi connectivity index (χ0n) is 9.69. The summed E-state index contributed by atoms with van der Waals surface area (Å²) in [5.41, 5.74) is 1.40. The molecule has 0 radical (unpaired) electrons. The Labute approximate surface area is 97.0 Å². The van der Waals surface area contributed by atoms with Crippen LogP contribution < -0.4 is 0 Å². The fourth-order valence-electron chi connectivity index (χ4n) is 1.25. The van der Waals surface area contributed by atoms with Crippen LogP contribution in [0.5, 0.6) is 0 Å². The first-order chi connectivity index (χ1) is 7.46. The van der Waals surface area contributed by atoms with Crippen molar-refractivity contribution in [2.75, 3.05) is 0 Å². The molecule has 1 aromatic rings. The van der Waals surface area contributed by atoms with Crippen LogP contribution in [-0.4, -0.2) is 8.32 Å². The van der Waals surface area contributed by atoms with Gasteiger partial charge in [0.1, 0.15) is 0 Å². The molecule has 0 aliphatic carbocycles. The maximum atomic E-state index is 9.05. The maximum absolute atomic E-state index is 9.05. The van der Waals surface area contributed by atoms with Gasteiger partial charge in [0.2, 0.25) is 0 Å². The van der Waals surface area contributed by atoms with E-state index in [0.29, 0.717) is 5.56 Å². The van der Waals surface area contributed by atoms with Crippen LogP contribution in [0.4, 0.5) is 0 Å². The van der Waals surface area contributed by atoms with Crippen molar-refractivity contribution in [3.05, 3.63) is 35.4 Å². The van der Waals surface area contributed by atoms with Gasteiger partial charge in [0.15, 0.2) is 14.4 Å². The topological polar surface area (TPSA) is 56.8 Å². The summed E-state index contributed by atoms with van der Waals surface area (Å²) < 4.78 is 5.74. The van der Waals surface area contributed by atoms with Crippen LogP contribution in [0.3, 0.4) is 0 Å². The first kappa shape index (κ1) is 12.4. The molecule has 82 valence electrons. The van der Waals surface area contributed by atoms with Crippen LogP contribution in [0, 0.1) is 22.7 Å². The van der Waals surface area contributed by atoms with Gasteiger partial charge in [-0.1, -0.05) is 12.1 Å². The van der Waals surface area contributed by atoms with E-state index in [1.54, 1.807) is 24.3 Å². The molecule has 0 spiro atoms. The lowest BCUT2D eigenvalue weighted by Crippen LogP contribution is -2.27. The maximum Gasteiger partial charge on any atom is 0.186 e. The monoisotopic (exact) mass is 230 g/mol. The lowest BCUT2D eigenvalue weighted by molar-refractivity contribution is 0.255. The fourth-order valence-corrected chi connectivity index (χ4v) is 2.15. The van der Waals surface area contributed by atoms with E-state index in [0.717, 1.165) is 5.56 Å². The first-order valence-electron chi connectivity index (χ1n) is 5.04. The minimum Gasteiger partial charge on any atom is -0.399 e. The van der Waals surface area contributed by atoms with Crippen molar-refractivity contribution < 1.29 is 4.43 Å². The highest BCUT2D eigenvalue weighted by atomic mass is 28.4. The van der Waals surface area contributed by atoms with Crippen molar-refractivity contribution in [3.63, 3.8) is 0 Å². The van der Waals surface area contributed by atoms with Gasteiger partial charge in [0.05, 0.1) is 17.7 Å². The molecule has 1 aromatic carbocycles. The van der Waals surface area contributed by atoms with Gasteiger partial charge >= 0.3 is 0 Å². The standard InChI is InChI=1S/C12H14N2OSi/c1-16(2,3)15-12(9-14)11-6-4-10(8-13)5-7-11/h4-7,12H,1-3H3. The van der Waals surface area contributed by atoms with E-state index in [9.17, 15) is 0 Å². The first-order valence-corrected chi connectivity index (χ1v) is 8.44. The lowest BCUT2D eigenvalue weighted by atomic mass is 10.1. The molecule has 0 aliphatic heterocycles. The number of nitrogens with zero attached hydrogens (tertiary/aromatic N) is 2. The molecule has 1 rings (SSSR count). The number of hydrogen-bond donors (Lipinski definition) is 0. The summed E-state index contributed by atoms with van der Waals surface area (Å²) >= 11 is 0. The van der Waals surface area contributed by atoms with Gasteiger partial charge < -0.3 is 4.43 Å². The van der Waals surface area contributed by atoms with E-state index in [1.807, 2.05) is 25.7 Å². The van der Waals surface area contributed by atoms with Crippen LogP contribution in [-0.2, 0) is 4.43 Å². The smallest absolute Gasteiger partial charge is 0.186 e. The average molecular weight is 230 g/mol. The Kier molecular flexibility index (Phi) is 3.84. The summed E-state index contributed by atoms with van der Waals surface area (Å²) in [5.74, 6) is 0. The minimum absolute atomic E-state index is 0.528. The highest BCUT2D eigenvalue weighted by molar-refractivity contribution is 6.69. The Balaban J connectivity index is 2.89. The third-order valence-corrected chi connectivity index (χ3v) is 2.87. The number of nitriles is 2. The Morgan fingerprint density at radius 3 is 2.06 bits per heavy atom. The molecule has 3 nitrogen and oxygen atoms in total. The van der Waals surface area contributed by atoms with Crippen LogP contribution >= 0.6 is 0 Å². The summed E-state index contributed by atoms with van der Waals surface area (Å²) in [6.45, 7) is 6.13. The van der Waals surface area contributed by atoms with Crippen LogP contribution in [0.15, 0.2) is 24.3 Å². The molecule has 4 heteroatoms. The molecule has 0 N–H and O–H groups in total. The summed E-state index contributed by atoms with van der Waals surface area (Å²) in [5, 5.41) is 17.7. The second kappa shape index (κ2) is 4.94. The van der Waals surface area contributed by atoms with Crippen molar-refractivity contribution in [1.82, 2.24) is 0 Å². The third-order valence-electron chi connectivity index (χ3n) is 1.93. The molecule has 0 aliphatic rings. The molecule has 0 saturated carbocycles. The van der Waals surface area contributed by atoms with E-state index in [4.69, 9.17) is 14.9 Å². The van der Waals surface area contributed by atoms with Crippen LogP contribution in [0.1, 0.15) is 17.2 Å². The van der Waals surface area contributed by atoms with Crippen molar-refractivity contribution >= 4 is 8.32 Å². The fraction of sp³-hybridized carbons (Fsp3) is 0.333. The van der Waals surface area contributed by atoms with Gasteiger partial charge in [0, 0.05) is 0 Å². The van der Waals surface area contributed by atoms with Gasteiger partial charge in [-0.2, -0.15) is 10.5 Å². The average Bonchev–Trinajstić information content (AvgIpc) is 2.25. The van der Waals surface area contributed by atoms with E-state index < -0.39 is 14.4 Å². The SMILES string of the molecule is C[Si](C)(C)OC(C#N)c1ccc(C#N)cc1. The van der Waals surface area contributed by atoms with E-state index >= 15 is 0 Å². The van der Waals surface area contributed by atoms with Crippen molar-refractivity contribution in [1.29, 1.82) is 10.5 Å². The Morgan fingerprint density at radius 1 is 1.12 bits per heavy atom. The molecule has 0 heterocycles. The molecule has 0 bridgehead atoms. The highest BCUT2D eigenvalue weighted by Gasteiger charge is 2.21. The molecule has 0 aromatic heterocycles. The third kappa shape index (κ3) is 3.51. The normalized spacial score (nSPS) is 12.6. The molecule has 16 heavy (non-hydrogen) atoms. The second-order valence-corrected chi connectivity index (χ2v) is 8.93. The van der Waals surface area contributed by atoms with Crippen molar-refractivity contribution in [3.8, 4) is 12.1 Å². The predicted molar refractivity (Wildman–Crippen MR) is 63.9 cm³/mol. The lowest BCUT2D eigenvalue weighted by Gasteiger charge is -2.21. The quantitative estimate of drug-likeness (QED) is 0.750. The van der Waals surface area contributed by atoms with Gasteiger partial charge in [-0.05, 0) is 37.3 Å². The highest BCUT2D eigenvalue weighted by Crippen LogP contribution is 2.21.